The molecule has 1 heterocycles. The highest BCUT2D eigenvalue weighted by Gasteiger charge is 1.55. The number of aromatic nitrogens is 2. The van der Waals surface area contributed by atoms with Crippen molar-refractivity contribution in [3.63, 3.8) is 0 Å². The summed E-state index contributed by atoms with van der Waals surface area (Å²) in [5.74, 6) is 0. The highest BCUT2D eigenvalue weighted by atomic mass is 16.5. The molecule has 0 N–H and O–H groups in total. The fraction of sp³-hybridized carbons (Fsp3) is 0. The Morgan fingerprint density at radius 3 is 2.80 bits per heavy atom. The number of rotatable bonds is 0. The summed E-state index contributed by atoms with van der Waals surface area (Å²) in [6, 6.07) is 0. The molecule has 5 heavy (non-hydrogen) atoms. The third-order valence-corrected chi connectivity index (χ3v) is 0.223. The van der Waals surface area contributed by atoms with Gasteiger partial charge in [0.15, 0.2) is 6.26 Å². The first-order chi connectivity index (χ1) is 2.50. The third kappa shape index (κ3) is 0.174. The summed E-state index contributed by atoms with van der Waals surface area (Å²) in [4.78, 5) is 0. The molecular formula is C2N2O. The van der Waals surface area contributed by atoms with Gasteiger partial charge in [-0.3, -0.25) is 4.52 Å². The molecule has 0 aromatic carbocycles. The van der Waals surface area contributed by atoms with Crippen molar-refractivity contribution < 1.29 is 4.52 Å². The topological polar surface area (TPSA) is 38.9 Å². The maximum atomic E-state index is 4.04. The van der Waals surface area contributed by atoms with E-state index in [1.807, 2.05) is 0 Å². The van der Waals surface area contributed by atoms with Gasteiger partial charge in [0.1, 0.15) is 6.20 Å². The molecule has 0 saturated heterocycles. The summed E-state index contributed by atoms with van der Waals surface area (Å²) in [7, 11) is 0. The molecular weight excluding hydrogens is 68.0 g/mol. The van der Waals surface area contributed by atoms with Crippen LogP contribution in [0.2, 0.25) is 0 Å². The lowest BCUT2D eigenvalue weighted by molar-refractivity contribution is 0.386. The van der Waals surface area contributed by atoms with Crippen LogP contribution in [0.4, 0.5) is 0 Å². The second-order valence-electron chi connectivity index (χ2n) is 0.487. The zero-order valence-corrected chi connectivity index (χ0v) is 2.30. The smallest absolute Gasteiger partial charge is 0.178 e. The van der Waals surface area contributed by atoms with Crippen LogP contribution >= 0.6 is 0 Å². The first-order valence-corrected chi connectivity index (χ1v) is 1.06. The molecule has 0 aliphatic rings. The minimum atomic E-state index is 2.14. The van der Waals surface area contributed by atoms with Crippen molar-refractivity contribution in [3.05, 3.63) is 12.5 Å². The van der Waals surface area contributed by atoms with Gasteiger partial charge in [-0.25, -0.2) is 0 Å². The first-order valence-electron chi connectivity index (χ1n) is 1.06. The van der Waals surface area contributed by atoms with E-state index in [1.54, 1.807) is 0 Å². The van der Waals surface area contributed by atoms with Gasteiger partial charge in [-0.2, -0.15) is 0 Å². The van der Waals surface area contributed by atoms with Crippen LogP contribution in [0.5, 0.6) is 0 Å². The predicted molar refractivity (Wildman–Crippen MR) is 12.0 cm³/mol. The van der Waals surface area contributed by atoms with Crippen molar-refractivity contribution in [1.29, 1.82) is 0 Å². The molecule has 0 spiro atoms. The van der Waals surface area contributed by atoms with E-state index in [0.717, 1.165) is 0 Å². The fourth-order valence-electron chi connectivity index (χ4n) is 0.102. The van der Waals surface area contributed by atoms with Crippen LogP contribution in [0.1, 0.15) is 0 Å². The number of hydrogen-bond donors (Lipinski definition) is 0. The molecule has 0 bridgehead atoms. The van der Waals surface area contributed by atoms with E-state index < -0.39 is 0 Å². The maximum absolute atomic E-state index is 4.04. The molecule has 0 aliphatic heterocycles. The molecule has 0 aliphatic carbocycles. The first kappa shape index (κ1) is 2.21. The Bertz CT molecular complexity index is 64.1. The van der Waals surface area contributed by atoms with Crippen LogP contribution in [0.15, 0.2) is 4.52 Å². The van der Waals surface area contributed by atoms with Gasteiger partial charge in [-0.15, -0.1) is 0 Å². The highest BCUT2D eigenvalue weighted by molar-refractivity contribution is 4.20. The van der Waals surface area contributed by atoms with E-state index in [4.69, 9.17) is 0 Å². The normalized spacial score (nSPS) is 6.40. The molecule has 0 radical (unpaired) electrons. The van der Waals surface area contributed by atoms with Crippen LogP contribution in [-0.2, 0) is 0 Å². The predicted octanol–water partition coefficient (Wildman–Crippen LogP) is -0.330. The number of nitrogens with zero attached hydrogens (tertiary/aromatic N) is 2. The van der Waals surface area contributed by atoms with Gasteiger partial charge in [-0.05, 0) is 0 Å². The third-order valence-electron chi connectivity index (χ3n) is 0.223. The highest BCUT2D eigenvalue weighted by Crippen LogP contribution is 1.50. The largest absolute Gasteiger partial charge is 0.281 e. The van der Waals surface area contributed by atoms with Gasteiger partial charge in [0, 0.05) is 0 Å². The Morgan fingerprint density at radius 2 is 2.60 bits per heavy atom. The van der Waals surface area contributed by atoms with Crippen molar-refractivity contribution >= 4 is 0 Å². The van der Waals surface area contributed by atoms with Gasteiger partial charge in [0.25, 0.3) is 0 Å². The van der Waals surface area contributed by atoms with Crippen LogP contribution in [0.3, 0.4) is 0 Å². The molecule has 0 unspecified atom stereocenters. The van der Waals surface area contributed by atoms with Crippen LogP contribution < -0.4 is 0 Å². The Hall–Kier alpha value is -1.04. The van der Waals surface area contributed by atoms with Crippen LogP contribution in [0.25, 0.3) is 0 Å². The lowest BCUT2D eigenvalue weighted by atomic mass is 11.2. The van der Waals surface area contributed by atoms with E-state index in [2.05, 4.69) is 27.4 Å². The van der Waals surface area contributed by atoms with Gasteiger partial charge >= 0.3 is 0 Å². The second-order valence-corrected chi connectivity index (χ2v) is 0.487. The van der Waals surface area contributed by atoms with Crippen molar-refractivity contribution in [1.82, 2.24) is 10.4 Å². The lowest BCUT2D eigenvalue weighted by Gasteiger charge is -1.41. The zero-order valence-electron chi connectivity index (χ0n) is 2.30. The molecule has 1 aromatic rings. The van der Waals surface area contributed by atoms with Crippen LogP contribution in [0, 0.1) is 12.5 Å². The van der Waals surface area contributed by atoms with Gasteiger partial charge in [0.05, 0.1) is 5.27 Å². The molecule has 1 aromatic heterocycles. The van der Waals surface area contributed by atoms with Crippen LogP contribution in [-0.4, -0.2) is 10.4 Å². The quantitative estimate of drug-likeness (QED) is 0.418. The summed E-state index contributed by atoms with van der Waals surface area (Å²) >= 11 is 0. The number of hydrogen-bond acceptors (Lipinski definition) is 3. The minimum absolute atomic E-state index is 2.14. The molecule has 24 valence electrons. The van der Waals surface area contributed by atoms with E-state index in [1.165, 1.54) is 0 Å². The molecule has 3 nitrogen and oxygen atoms in total. The average molecular weight is 68.0 g/mol. The van der Waals surface area contributed by atoms with E-state index in [9.17, 15) is 0 Å². The lowest BCUT2D eigenvalue weighted by Crippen LogP contribution is -1.55. The van der Waals surface area contributed by atoms with E-state index in [0.29, 0.717) is 0 Å². The zero-order chi connectivity index (χ0) is 3.54. The molecule has 0 saturated carbocycles. The van der Waals surface area contributed by atoms with E-state index >= 15 is 0 Å². The summed E-state index contributed by atoms with van der Waals surface area (Å²) < 4.78 is 4.04. The van der Waals surface area contributed by atoms with Crippen molar-refractivity contribution in [2.75, 3.05) is 0 Å². The molecule has 1 rings (SSSR count). The minimum Gasteiger partial charge on any atom is -0.281 e. The maximum Gasteiger partial charge on any atom is 0.178 e. The van der Waals surface area contributed by atoms with E-state index in [-0.39, 0.29) is 0 Å². The van der Waals surface area contributed by atoms with Crippen molar-refractivity contribution in [3.8, 4) is 0 Å². The Kier molecular flexibility index (Phi) is 0.321. The summed E-state index contributed by atoms with van der Waals surface area (Å²) in [5.41, 5.74) is 0. The van der Waals surface area contributed by atoms with Crippen molar-refractivity contribution in [2.24, 2.45) is 0 Å². The second kappa shape index (κ2) is 0.725. The molecule has 3 heteroatoms. The van der Waals surface area contributed by atoms with Gasteiger partial charge in [0.2, 0.25) is 0 Å². The monoisotopic (exact) mass is 68.0 g/mol. The Morgan fingerprint density at radius 1 is 1.60 bits per heavy atom. The summed E-state index contributed by atoms with van der Waals surface area (Å²) in [6.07, 6.45) is 4.35. The standard InChI is InChI=1S/C2N2O/c1-2-5-4-3-1. The Labute approximate surface area is 28.6 Å². The molecule has 0 atom stereocenters. The van der Waals surface area contributed by atoms with Crippen molar-refractivity contribution in [2.45, 2.75) is 0 Å². The SMILES string of the molecule is c1nnoc#1. The summed E-state index contributed by atoms with van der Waals surface area (Å²) in [6.45, 7) is 0. The molecule has 0 fully saturated rings. The fourth-order valence-corrected chi connectivity index (χ4v) is 0.102. The molecule has 0 amide bonds. The average Bonchev–Trinajstić information content (AvgIpc) is 1.76. The van der Waals surface area contributed by atoms with Gasteiger partial charge < -0.3 is 0 Å². The Balaban J connectivity index is 3.13. The van der Waals surface area contributed by atoms with Gasteiger partial charge in [-0.1, -0.05) is 5.10 Å². The summed E-state index contributed by atoms with van der Waals surface area (Å²) in [5, 5.41) is 6.11.